The van der Waals surface area contributed by atoms with E-state index in [1.165, 1.54) is 28.8 Å². The lowest BCUT2D eigenvalue weighted by Crippen LogP contribution is -2.23. The highest BCUT2D eigenvalue weighted by Crippen LogP contribution is 2.34. The maximum absolute atomic E-state index is 13.1. The maximum atomic E-state index is 13.1. The summed E-state index contributed by atoms with van der Waals surface area (Å²) in [6.07, 6.45) is 8.80. The van der Waals surface area contributed by atoms with Crippen molar-refractivity contribution in [1.29, 1.82) is 0 Å². The molecule has 1 aromatic carbocycles. The van der Waals surface area contributed by atoms with Gasteiger partial charge < -0.3 is 0 Å². The van der Waals surface area contributed by atoms with E-state index in [0.29, 0.717) is 6.54 Å². The van der Waals surface area contributed by atoms with Crippen LogP contribution >= 0.6 is 23.1 Å². The average Bonchev–Trinajstić information content (AvgIpc) is 3.05. The van der Waals surface area contributed by atoms with Gasteiger partial charge in [-0.05, 0) is 43.7 Å². The minimum atomic E-state index is 0.145. The lowest BCUT2D eigenvalue weighted by Gasteiger charge is -2.11. The fourth-order valence-corrected chi connectivity index (χ4v) is 5.65. The Morgan fingerprint density at radius 3 is 2.85 bits per heavy atom. The first-order valence-electron chi connectivity index (χ1n) is 9.17. The molecule has 0 amide bonds. The van der Waals surface area contributed by atoms with Crippen molar-refractivity contribution < 1.29 is 0 Å². The number of thioether (sulfide) groups is 1. The van der Waals surface area contributed by atoms with Crippen LogP contribution in [0.1, 0.15) is 35.8 Å². The Bertz CT molecular complexity index is 1000. The van der Waals surface area contributed by atoms with Crippen molar-refractivity contribution in [3.05, 3.63) is 62.8 Å². The zero-order chi connectivity index (χ0) is 17.9. The predicted octanol–water partition coefficient (Wildman–Crippen LogP) is 5.16. The van der Waals surface area contributed by atoms with E-state index in [1.807, 2.05) is 29.7 Å². The highest BCUT2D eigenvalue weighted by molar-refractivity contribution is 7.99. The lowest BCUT2D eigenvalue weighted by molar-refractivity contribution is 0.634. The summed E-state index contributed by atoms with van der Waals surface area (Å²) in [6, 6.07) is 10.3. The molecule has 0 fully saturated rings. The van der Waals surface area contributed by atoms with Gasteiger partial charge in [-0.3, -0.25) is 9.36 Å². The second kappa shape index (κ2) is 7.80. The fourth-order valence-electron chi connectivity index (χ4n) is 3.48. The van der Waals surface area contributed by atoms with Crippen molar-refractivity contribution in [1.82, 2.24) is 9.55 Å². The van der Waals surface area contributed by atoms with Crippen LogP contribution < -0.4 is 5.56 Å². The second-order valence-corrected chi connectivity index (χ2v) is 8.53. The minimum absolute atomic E-state index is 0.145. The summed E-state index contributed by atoms with van der Waals surface area (Å²) in [5.41, 5.74) is 2.61. The van der Waals surface area contributed by atoms with Crippen LogP contribution in [0, 0.1) is 0 Å². The molecule has 0 saturated carbocycles. The van der Waals surface area contributed by atoms with Gasteiger partial charge in [0.25, 0.3) is 5.56 Å². The summed E-state index contributed by atoms with van der Waals surface area (Å²) < 4.78 is 1.84. The average molecular weight is 383 g/mol. The number of benzene rings is 1. The molecule has 134 valence electrons. The summed E-state index contributed by atoms with van der Waals surface area (Å²) in [4.78, 5) is 20.2. The molecule has 0 N–H and O–H groups in total. The summed E-state index contributed by atoms with van der Waals surface area (Å²) in [5, 5.41) is 1.72. The zero-order valence-corrected chi connectivity index (χ0v) is 16.5. The largest absolute Gasteiger partial charge is 0.287 e. The van der Waals surface area contributed by atoms with Crippen LogP contribution in [0.25, 0.3) is 16.3 Å². The van der Waals surface area contributed by atoms with E-state index >= 15 is 0 Å². The molecule has 2 aromatic heterocycles. The summed E-state index contributed by atoms with van der Waals surface area (Å²) in [6.45, 7) is 2.69. The van der Waals surface area contributed by atoms with Crippen molar-refractivity contribution in [3.8, 4) is 0 Å². The molecular formula is C21H22N2OS2. The van der Waals surface area contributed by atoms with Gasteiger partial charge in [0.2, 0.25) is 0 Å². The number of hydrogen-bond acceptors (Lipinski definition) is 4. The molecular weight excluding hydrogens is 360 g/mol. The number of nitrogens with zero attached hydrogens (tertiary/aromatic N) is 2. The van der Waals surface area contributed by atoms with Crippen LogP contribution in [0.5, 0.6) is 0 Å². The number of aryl methyl sites for hydroxylation is 2. The Labute approximate surface area is 161 Å². The zero-order valence-electron chi connectivity index (χ0n) is 14.9. The monoisotopic (exact) mass is 382 g/mol. The number of aromatic nitrogens is 2. The van der Waals surface area contributed by atoms with Gasteiger partial charge in [-0.15, -0.1) is 11.3 Å². The van der Waals surface area contributed by atoms with Gasteiger partial charge in [0.15, 0.2) is 5.16 Å². The van der Waals surface area contributed by atoms with Gasteiger partial charge in [-0.25, -0.2) is 4.98 Å². The van der Waals surface area contributed by atoms with Crippen molar-refractivity contribution in [2.24, 2.45) is 0 Å². The SMILES string of the molecule is CCn1c(SCC=Cc2ccccc2)nc2sc3c(c2c1=O)CCCC3. The Hall–Kier alpha value is -1.85. The fraction of sp³-hybridized carbons (Fsp3) is 0.333. The Morgan fingerprint density at radius 1 is 1.23 bits per heavy atom. The smallest absolute Gasteiger partial charge is 0.263 e. The molecule has 1 aliphatic carbocycles. The van der Waals surface area contributed by atoms with Crippen LogP contribution in [0.3, 0.4) is 0 Å². The summed E-state index contributed by atoms with van der Waals surface area (Å²) >= 11 is 3.37. The van der Waals surface area contributed by atoms with Crippen LogP contribution in [-0.2, 0) is 19.4 Å². The normalized spacial score (nSPS) is 14.2. The molecule has 0 atom stereocenters. The lowest BCUT2D eigenvalue weighted by atomic mass is 9.97. The number of hydrogen-bond donors (Lipinski definition) is 0. The van der Waals surface area contributed by atoms with E-state index in [2.05, 4.69) is 24.3 Å². The first-order valence-corrected chi connectivity index (χ1v) is 11.0. The number of fused-ring (bicyclic) bond motifs is 3. The highest BCUT2D eigenvalue weighted by atomic mass is 32.2. The molecule has 0 aliphatic heterocycles. The van der Waals surface area contributed by atoms with E-state index in [9.17, 15) is 4.79 Å². The summed E-state index contributed by atoms with van der Waals surface area (Å²) in [7, 11) is 0. The molecule has 0 saturated heterocycles. The second-order valence-electron chi connectivity index (χ2n) is 6.46. The quantitative estimate of drug-likeness (QED) is 0.451. The van der Waals surface area contributed by atoms with Gasteiger partial charge >= 0.3 is 0 Å². The van der Waals surface area contributed by atoms with E-state index < -0.39 is 0 Å². The molecule has 0 bridgehead atoms. The first kappa shape index (κ1) is 17.6. The molecule has 5 heteroatoms. The van der Waals surface area contributed by atoms with Crippen LogP contribution in [-0.4, -0.2) is 15.3 Å². The molecule has 1 aliphatic rings. The van der Waals surface area contributed by atoms with Gasteiger partial charge in [-0.1, -0.05) is 54.2 Å². The maximum Gasteiger partial charge on any atom is 0.263 e. The van der Waals surface area contributed by atoms with Gasteiger partial charge in [-0.2, -0.15) is 0 Å². The molecule has 26 heavy (non-hydrogen) atoms. The minimum Gasteiger partial charge on any atom is -0.287 e. The molecule has 0 radical (unpaired) electrons. The third-order valence-electron chi connectivity index (χ3n) is 4.77. The third kappa shape index (κ3) is 3.38. The number of rotatable bonds is 5. The van der Waals surface area contributed by atoms with E-state index in [-0.39, 0.29) is 5.56 Å². The topological polar surface area (TPSA) is 34.9 Å². The molecule has 0 unspecified atom stereocenters. The Kier molecular flexibility index (Phi) is 5.27. The molecule has 3 nitrogen and oxygen atoms in total. The van der Waals surface area contributed by atoms with Crippen molar-refractivity contribution >= 4 is 39.4 Å². The van der Waals surface area contributed by atoms with Gasteiger partial charge in [0.05, 0.1) is 5.39 Å². The highest BCUT2D eigenvalue weighted by Gasteiger charge is 2.21. The molecule has 4 rings (SSSR count). The Morgan fingerprint density at radius 2 is 2.04 bits per heavy atom. The molecule has 3 aromatic rings. The van der Waals surface area contributed by atoms with Crippen LogP contribution in [0.2, 0.25) is 0 Å². The van der Waals surface area contributed by atoms with E-state index in [4.69, 9.17) is 4.98 Å². The van der Waals surface area contributed by atoms with Crippen LogP contribution in [0.15, 0.2) is 46.4 Å². The van der Waals surface area contributed by atoms with Gasteiger partial charge in [0, 0.05) is 17.2 Å². The van der Waals surface area contributed by atoms with Crippen molar-refractivity contribution in [3.63, 3.8) is 0 Å². The predicted molar refractivity (Wildman–Crippen MR) is 112 cm³/mol. The molecule has 2 heterocycles. The van der Waals surface area contributed by atoms with Crippen molar-refractivity contribution in [2.45, 2.75) is 44.3 Å². The van der Waals surface area contributed by atoms with E-state index in [0.717, 1.165) is 34.0 Å². The molecule has 0 spiro atoms. The summed E-state index contributed by atoms with van der Waals surface area (Å²) in [5.74, 6) is 0.804. The van der Waals surface area contributed by atoms with Gasteiger partial charge in [0.1, 0.15) is 4.83 Å². The van der Waals surface area contributed by atoms with Crippen LogP contribution in [0.4, 0.5) is 0 Å². The number of thiophene rings is 1. The van der Waals surface area contributed by atoms with Crippen molar-refractivity contribution in [2.75, 3.05) is 5.75 Å². The first-order chi connectivity index (χ1) is 12.8. The standard InChI is InChI=1S/C21H22N2OS2/c1-2-23-20(24)18-16-12-6-7-13-17(16)26-19(18)22-21(23)25-14-8-11-15-9-4-3-5-10-15/h3-5,8-11H,2,6-7,12-14H2,1H3. The third-order valence-corrected chi connectivity index (χ3v) is 6.89. The Balaban J connectivity index is 1.62. The van der Waals surface area contributed by atoms with E-state index in [1.54, 1.807) is 23.1 Å².